The lowest BCUT2D eigenvalue weighted by Crippen LogP contribution is -2.52. The van der Waals surface area contributed by atoms with Crippen LogP contribution < -0.4 is 5.73 Å². The number of hydrogen-bond acceptors (Lipinski definition) is 3. The summed E-state index contributed by atoms with van der Waals surface area (Å²) in [6, 6.07) is 0.829. The van der Waals surface area contributed by atoms with E-state index in [1.165, 1.54) is 6.42 Å². The second-order valence-corrected chi connectivity index (χ2v) is 6.39. The fourth-order valence-corrected chi connectivity index (χ4v) is 3.57. The van der Waals surface area contributed by atoms with Crippen molar-refractivity contribution in [1.29, 1.82) is 0 Å². The van der Waals surface area contributed by atoms with Crippen molar-refractivity contribution in [3.63, 3.8) is 0 Å². The Morgan fingerprint density at radius 1 is 1.11 bits per heavy atom. The lowest BCUT2D eigenvalue weighted by molar-refractivity contribution is -0.138. The van der Waals surface area contributed by atoms with E-state index >= 15 is 0 Å². The number of nitrogens with zero attached hydrogens (tertiary/aromatic N) is 2. The molecule has 2 aliphatic heterocycles. The summed E-state index contributed by atoms with van der Waals surface area (Å²) < 4.78 is 0. The van der Waals surface area contributed by atoms with Crippen LogP contribution in [-0.2, 0) is 4.79 Å². The molecule has 0 aromatic heterocycles. The number of piperidine rings is 2. The molecule has 0 radical (unpaired) electrons. The maximum absolute atomic E-state index is 12.5. The lowest BCUT2D eigenvalue weighted by atomic mass is 9.96. The molecule has 0 spiro atoms. The van der Waals surface area contributed by atoms with E-state index in [-0.39, 0.29) is 0 Å². The summed E-state index contributed by atoms with van der Waals surface area (Å²) in [5, 5.41) is 0. The Bertz CT molecular complexity index is 290. The van der Waals surface area contributed by atoms with Gasteiger partial charge in [-0.05, 0) is 71.5 Å². The molecule has 2 heterocycles. The number of hydrogen-bond donors (Lipinski definition) is 1. The Labute approximate surface area is 117 Å². The van der Waals surface area contributed by atoms with Crippen LogP contribution in [0.3, 0.4) is 0 Å². The largest absolute Gasteiger partial charge is 0.336 e. The fourth-order valence-electron chi connectivity index (χ4n) is 3.57. The smallest absolute Gasteiger partial charge is 0.237 e. The first-order chi connectivity index (χ1) is 9.11. The van der Waals surface area contributed by atoms with Gasteiger partial charge in [0, 0.05) is 12.1 Å². The molecule has 2 unspecified atom stereocenters. The molecule has 0 aliphatic carbocycles. The van der Waals surface area contributed by atoms with E-state index in [4.69, 9.17) is 5.73 Å². The molecule has 110 valence electrons. The molecule has 4 heteroatoms. The SMILES string of the molecule is CC1CCCC(C)N1C(=O)CN1CCC(CN)CC1. The molecule has 2 aliphatic rings. The molecular formula is C15H29N3O. The Morgan fingerprint density at radius 2 is 1.68 bits per heavy atom. The zero-order valence-corrected chi connectivity index (χ0v) is 12.5. The van der Waals surface area contributed by atoms with E-state index in [2.05, 4.69) is 23.6 Å². The monoisotopic (exact) mass is 267 g/mol. The molecule has 2 fully saturated rings. The van der Waals surface area contributed by atoms with Crippen LogP contribution in [0.25, 0.3) is 0 Å². The average Bonchev–Trinajstić information content (AvgIpc) is 2.39. The molecular weight excluding hydrogens is 238 g/mol. The van der Waals surface area contributed by atoms with Crippen LogP contribution in [0.15, 0.2) is 0 Å². The van der Waals surface area contributed by atoms with Gasteiger partial charge in [-0.15, -0.1) is 0 Å². The summed E-state index contributed by atoms with van der Waals surface area (Å²) in [5.41, 5.74) is 5.71. The first-order valence-electron chi connectivity index (χ1n) is 7.85. The number of amides is 1. The molecule has 0 saturated carbocycles. The highest BCUT2D eigenvalue weighted by molar-refractivity contribution is 5.79. The van der Waals surface area contributed by atoms with Gasteiger partial charge in [-0.25, -0.2) is 0 Å². The number of likely N-dealkylation sites (tertiary alicyclic amines) is 2. The van der Waals surface area contributed by atoms with Crippen molar-refractivity contribution < 1.29 is 4.79 Å². The number of nitrogens with two attached hydrogens (primary N) is 1. The Kier molecular flexibility index (Phi) is 5.22. The summed E-state index contributed by atoms with van der Waals surface area (Å²) in [6.07, 6.45) is 5.87. The Hall–Kier alpha value is -0.610. The second kappa shape index (κ2) is 6.71. The van der Waals surface area contributed by atoms with E-state index in [9.17, 15) is 4.79 Å². The van der Waals surface area contributed by atoms with Crippen LogP contribution >= 0.6 is 0 Å². The fraction of sp³-hybridized carbons (Fsp3) is 0.933. The van der Waals surface area contributed by atoms with Gasteiger partial charge in [-0.3, -0.25) is 9.69 Å². The summed E-state index contributed by atoms with van der Waals surface area (Å²) in [4.78, 5) is 16.9. The van der Waals surface area contributed by atoms with Gasteiger partial charge < -0.3 is 10.6 Å². The van der Waals surface area contributed by atoms with Crippen LogP contribution in [0.2, 0.25) is 0 Å². The molecule has 4 nitrogen and oxygen atoms in total. The summed E-state index contributed by atoms with van der Waals surface area (Å²) in [7, 11) is 0. The third-order valence-electron chi connectivity index (χ3n) is 4.88. The minimum absolute atomic E-state index is 0.325. The highest BCUT2D eigenvalue weighted by atomic mass is 16.2. The predicted molar refractivity (Wildman–Crippen MR) is 77.8 cm³/mol. The summed E-state index contributed by atoms with van der Waals surface area (Å²) >= 11 is 0. The summed E-state index contributed by atoms with van der Waals surface area (Å²) in [5.74, 6) is 0.991. The van der Waals surface area contributed by atoms with E-state index < -0.39 is 0 Å². The van der Waals surface area contributed by atoms with Crippen LogP contribution in [0.1, 0.15) is 46.0 Å². The number of carbonyl (C=O) groups excluding carboxylic acids is 1. The quantitative estimate of drug-likeness (QED) is 0.842. The minimum atomic E-state index is 0.325. The van der Waals surface area contributed by atoms with Crippen molar-refractivity contribution in [1.82, 2.24) is 9.80 Å². The normalized spacial score (nSPS) is 30.6. The third kappa shape index (κ3) is 3.69. The van der Waals surface area contributed by atoms with Gasteiger partial charge in [-0.1, -0.05) is 0 Å². The van der Waals surface area contributed by atoms with Crippen molar-refractivity contribution in [3.05, 3.63) is 0 Å². The molecule has 19 heavy (non-hydrogen) atoms. The molecule has 2 N–H and O–H groups in total. The molecule has 2 saturated heterocycles. The van der Waals surface area contributed by atoms with E-state index in [0.717, 1.165) is 45.3 Å². The topological polar surface area (TPSA) is 49.6 Å². The van der Waals surface area contributed by atoms with Crippen LogP contribution in [0.5, 0.6) is 0 Å². The van der Waals surface area contributed by atoms with Gasteiger partial charge >= 0.3 is 0 Å². The van der Waals surface area contributed by atoms with Crippen molar-refractivity contribution in [2.45, 2.75) is 58.0 Å². The Morgan fingerprint density at radius 3 is 2.21 bits per heavy atom. The van der Waals surface area contributed by atoms with E-state index in [0.29, 0.717) is 30.5 Å². The molecule has 1 amide bonds. The first kappa shape index (κ1) is 14.8. The third-order valence-corrected chi connectivity index (χ3v) is 4.88. The molecule has 0 bridgehead atoms. The van der Waals surface area contributed by atoms with Crippen molar-refractivity contribution in [3.8, 4) is 0 Å². The van der Waals surface area contributed by atoms with Gasteiger partial charge in [0.2, 0.25) is 5.91 Å². The predicted octanol–water partition coefficient (Wildman–Crippen LogP) is 1.45. The van der Waals surface area contributed by atoms with Crippen molar-refractivity contribution >= 4 is 5.91 Å². The number of carbonyl (C=O) groups is 1. The highest BCUT2D eigenvalue weighted by Crippen LogP contribution is 2.23. The van der Waals surface area contributed by atoms with Crippen LogP contribution in [0.4, 0.5) is 0 Å². The zero-order chi connectivity index (χ0) is 13.8. The van der Waals surface area contributed by atoms with Gasteiger partial charge in [0.05, 0.1) is 6.54 Å². The maximum Gasteiger partial charge on any atom is 0.237 e. The van der Waals surface area contributed by atoms with Gasteiger partial charge in [0.1, 0.15) is 0 Å². The molecule has 2 atom stereocenters. The molecule has 2 rings (SSSR count). The van der Waals surface area contributed by atoms with Crippen molar-refractivity contribution in [2.24, 2.45) is 11.7 Å². The molecule has 0 aromatic rings. The van der Waals surface area contributed by atoms with E-state index in [1.54, 1.807) is 0 Å². The highest BCUT2D eigenvalue weighted by Gasteiger charge is 2.30. The lowest BCUT2D eigenvalue weighted by Gasteiger charge is -2.41. The summed E-state index contributed by atoms with van der Waals surface area (Å²) in [6.45, 7) is 7.84. The van der Waals surface area contributed by atoms with Crippen molar-refractivity contribution in [2.75, 3.05) is 26.2 Å². The van der Waals surface area contributed by atoms with E-state index in [1.807, 2.05) is 0 Å². The zero-order valence-electron chi connectivity index (χ0n) is 12.5. The Balaban J connectivity index is 1.83. The van der Waals surface area contributed by atoms with Crippen LogP contribution in [-0.4, -0.2) is 54.0 Å². The first-order valence-corrected chi connectivity index (χ1v) is 7.85. The number of rotatable bonds is 3. The van der Waals surface area contributed by atoms with Gasteiger partial charge in [0.25, 0.3) is 0 Å². The second-order valence-electron chi connectivity index (χ2n) is 6.39. The van der Waals surface area contributed by atoms with Gasteiger partial charge in [-0.2, -0.15) is 0 Å². The average molecular weight is 267 g/mol. The maximum atomic E-state index is 12.5. The minimum Gasteiger partial charge on any atom is -0.336 e. The standard InChI is InChI=1S/C15H29N3O/c1-12-4-3-5-13(2)18(12)15(19)11-17-8-6-14(10-16)7-9-17/h12-14H,3-11,16H2,1-2H3. The molecule has 0 aromatic carbocycles. The van der Waals surface area contributed by atoms with Gasteiger partial charge in [0.15, 0.2) is 0 Å². The van der Waals surface area contributed by atoms with Crippen LogP contribution in [0, 0.1) is 5.92 Å².